The van der Waals surface area contributed by atoms with E-state index >= 15 is 0 Å². The molecule has 0 aliphatic carbocycles. The van der Waals surface area contributed by atoms with Gasteiger partial charge in [-0.05, 0) is 32.4 Å². The number of amidine groups is 1. The number of furan rings is 1. The van der Waals surface area contributed by atoms with Gasteiger partial charge < -0.3 is 9.73 Å². The Balaban J connectivity index is 1.95. The van der Waals surface area contributed by atoms with Gasteiger partial charge in [0.15, 0.2) is 5.17 Å². The Morgan fingerprint density at radius 1 is 1.60 bits per heavy atom. The lowest BCUT2D eigenvalue weighted by Gasteiger charge is -2.32. The molecule has 1 aliphatic rings. The summed E-state index contributed by atoms with van der Waals surface area (Å²) in [6.07, 6.45) is 2.86. The maximum absolute atomic E-state index is 5.23. The van der Waals surface area contributed by atoms with Crippen molar-refractivity contribution < 1.29 is 4.42 Å². The van der Waals surface area contributed by atoms with Crippen molar-refractivity contribution in [2.45, 2.75) is 32.4 Å². The first-order chi connectivity index (χ1) is 7.16. The Hall–Kier alpha value is -0.900. The van der Waals surface area contributed by atoms with Crippen molar-refractivity contribution in [2.75, 3.05) is 5.75 Å². The van der Waals surface area contributed by atoms with Crippen LogP contribution in [0, 0.1) is 0 Å². The number of hydrogen-bond acceptors (Lipinski definition) is 3. The van der Waals surface area contributed by atoms with Crippen LogP contribution in [0.25, 0.3) is 0 Å². The lowest BCUT2D eigenvalue weighted by molar-refractivity contribution is 0.445. The zero-order valence-electron chi connectivity index (χ0n) is 9.12. The molecule has 1 fully saturated rings. The van der Waals surface area contributed by atoms with Gasteiger partial charge in [-0.2, -0.15) is 0 Å². The Morgan fingerprint density at radius 2 is 2.47 bits per heavy atom. The number of thioether (sulfide) groups is 1. The maximum atomic E-state index is 5.23. The molecule has 1 aliphatic heterocycles. The van der Waals surface area contributed by atoms with Crippen molar-refractivity contribution in [2.24, 2.45) is 4.99 Å². The van der Waals surface area contributed by atoms with E-state index in [1.807, 2.05) is 12.1 Å². The number of aliphatic imine (C=N–C) groups is 1. The summed E-state index contributed by atoms with van der Waals surface area (Å²) in [5.74, 6) is 2.05. The SMILES string of the molecule is CC1(C)CCSC(=NCc2ccco2)N1. The summed E-state index contributed by atoms with van der Waals surface area (Å²) in [5.41, 5.74) is 0.174. The number of nitrogens with one attached hydrogen (secondary N) is 1. The van der Waals surface area contributed by atoms with E-state index in [0.717, 1.165) is 16.7 Å². The van der Waals surface area contributed by atoms with Crippen LogP contribution in [0.2, 0.25) is 0 Å². The van der Waals surface area contributed by atoms with E-state index in [1.54, 1.807) is 18.0 Å². The van der Waals surface area contributed by atoms with Crippen LogP contribution in [0.4, 0.5) is 0 Å². The molecule has 0 unspecified atom stereocenters. The van der Waals surface area contributed by atoms with Crippen LogP contribution < -0.4 is 5.32 Å². The molecule has 0 saturated carbocycles. The van der Waals surface area contributed by atoms with Gasteiger partial charge in [0, 0.05) is 11.3 Å². The second-order valence-corrected chi connectivity index (χ2v) is 5.39. The quantitative estimate of drug-likeness (QED) is 0.839. The fraction of sp³-hybridized carbons (Fsp3) is 0.545. The Bertz CT molecular complexity index is 343. The molecule has 2 rings (SSSR count). The van der Waals surface area contributed by atoms with E-state index in [0.29, 0.717) is 6.54 Å². The van der Waals surface area contributed by atoms with E-state index in [-0.39, 0.29) is 5.54 Å². The summed E-state index contributed by atoms with van der Waals surface area (Å²) in [7, 11) is 0. The highest BCUT2D eigenvalue weighted by Crippen LogP contribution is 2.21. The van der Waals surface area contributed by atoms with Crippen molar-refractivity contribution in [3.05, 3.63) is 24.2 Å². The molecule has 0 radical (unpaired) electrons. The van der Waals surface area contributed by atoms with Crippen molar-refractivity contribution >= 4 is 16.9 Å². The van der Waals surface area contributed by atoms with Gasteiger partial charge in [0.2, 0.25) is 0 Å². The van der Waals surface area contributed by atoms with Crippen LogP contribution in [0.3, 0.4) is 0 Å². The molecule has 1 aromatic rings. The topological polar surface area (TPSA) is 37.5 Å². The first-order valence-electron chi connectivity index (χ1n) is 5.13. The first-order valence-corrected chi connectivity index (χ1v) is 6.12. The highest BCUT2D eigenvalue weighted by molar-refractivity contribution is 8.13. The average molecular weight is 224 g/mol. The van der Waals surface area contributed by atoms with Gasteiger partial charge in [-0.15, -0.1) is 0 Å². The molecule has 1 saturated heterocycles. The average Bonchev–Trinajstić information content (AvgIpc) is 2.65. The minimum absolute atomic E-state index is 0.174. The molecular formula is C11H16N2OS. The predicted molar refractivity (Wildman–Crippen MR) is 64.1 cm³/mol. The molecule has 4 heteroatoms. The van der Waals surface area contributed by atoms with Crippen molar-refractivity contribution in [1.82, 2.24) is 5.32 Å². The highest BCUT2D eigenvalue weighted by Gasteiger charge is 2.23. The smallest absolute Gasteiger partial charge is 0.157 e. The molecule has 0 amide bonds. The largest absolute Gasteiger partial charge is 0.467 e. The molecular weight excluding hydrogens is 208 g/mol. The summed E-state index contributed by atoms with van der Waals surface area (Å²) < 4.78 is 5.23. The van der Waals surface area contributed by atoms with Gasteiger partial charge in [-0.3, -0.25) is 4.99 Å². The summed E-state index contributed by atoms with van der Waals surface area (Å²) >= 11 is 1.78. The summed E-state index contributed by atoms with van der Waals surface area (Å²) in [4.78, 5) is 4.50. The standard InChI is InChI=1S/C11H16N2OS/c1-11(2)5-7-15-10(13-11)12-8-9-4-3-6-14-9/h3-4,6H,5,7-8H2,1-2H3,(H,12,13). The highest BCUT2D eigenvalue weighted by atomic mass is 32.2. The second-order valence-electron chi connectivity index (χ2n) is 4.31. The molecule has 1 aromatic heterocycles. The predicted octanol–water partition coefficient (Wildman–Crippen LogP) is 2.64. The van der Waals surface area contributed by atoms with Crippen molar-refractivity contribution in [3.8, 4) is 0 Å². The lowest BCUT2D eigenvalue weighted by Crippen LogP contribution is -2.46. The van der Waals surface area contributed by atoms with E-state index in [1.165, 1.54) is 6.42 Å². The van der Waals surface area contributed by atoms with E-state index < -0.39 is 0 Å². The molecule has 0 aromatic carbocycles. The third-order valence-corrected chi connectivity index (χ3v) is 3.28. The third kappa shape index (κ3) is 3.02. The van der Waals surface area contributed by atoms with Crippen LogP contribution in [-0.2, 0) is 6.54 Å². The third-order valence-electron chi connectivity index (χ3n) is 2.37. The van der Waals surface area contributed by atoms with E-state index in [4.69, 9.17) is 4.42 Å². The Labute approximate surface area is 94.3 Å². The molecule has 82 valence electrons. The minimum Gasteiger partial charge on any atom is -0.467 e. The number of hydrogen-bond donors (Lipinski definition) is 1. The second kappa shape index (κ2) is 4.31. The summed E-state index contributed by atoms with van der Waals surface area (Å²) in [6.45, 7) is 5.03. The normalized spacial score (nSPS) is 22.7. The number of nitrogens with zero attached hydrogens (tertiary/aromatic N) is 1. The molecule has 0 spiro atoms. The Morgan fingerprint density at radius 3 is 3.13 bits per heavy atom. The summed E-state index contributed by atoms with van der Waals surface area (Å²) in [5, 5.41) is 4.46. The lowest BCUT2D eigenvalue weighted by atomic mass is 10.0. The zero-order chi connectivity index (χ0) is 10.7. The molecule has 0 atom stereocenters. The van der Waals surface area contributed by atoms with E-state index in [9.17, 15) is 0 Å². The van der Waals surface area contributed by atoms with Crippen LogP contribution >= 0.6 is 11.8 Å². The molecule has 3 nitrogen and oxygen atoms in total. The molecule has 1 N–H and O–H groups in total. The molecule has 15 heavy (non-hydrogen) atoms. The van der Waals surface area contributed by atoms with Gasteiger partial charge in [0.1, 0.15) is 5.76 Å². The monoisotopic (exact) mass is 224 g/mol. The fourth-order valence-corrected chi connectivity index (χ4v) is 2.74. The Kier molecular flexibility index (Phi) is 3.05. The number of rotatable bonds is 2. The molecule has 0 bridgehead atoms. The van der Waals surface area contributed by atoms with Gasteiger partial charge in [-0.25, -0.2) is 0 Å². The van der Waals surface area contributed by atoms with Crippen molar-refractivity contribution in [3.63, 3.8) is 0 Å². The van der Waals surface area contributed by atoms with E-state index in [2.05, 4.69) is 24.2 Å². The minimum atomic E-state index is 0.174. The summed E-state index contributed by atoms with van der Waals surface area (Å²) in [6, 6.07) is 3.84. The van der Waals surface area contributed by atoms with Gasteiger partial charge in [-0.1, -0.05) is 11.8 Å². The van der Waals surface area contributed by atoms with Gasteiger partial charge in [0.05, 0.1) is 12.8 Å². The maximum Gasteiger partial charge on any atom is 0.157 e. The van der Waals surface area contributed by atoms with Gasteiger partial charge >= 0.3 is 0 Å². The first kappa shape index (κ1) is 10.6. The van der Waals surface area contributed by atoms with Crippen LogP contribution in [0.5, 0.6) is 0 Å². The van der Waals surface area contributed by atoms with Crippen molar-refractivity contribution in [1.29, 1.82) is 0 Å². The van der Waals surface area contributed by atoms with Crippen LogP contribution in [0.15, 0.2) is 27.8 Å². The zero-order valence-corrected chi connectivity index (χ0v) is 9.93. The van der Waals surface area contributed by atoms with Gasteiger partial charge in [0.25, 0.3) is 0 Å². The molecule has 2 heterocycles. The van der Waals surface area contributed by atoms with Crippen LogP contribution in [-0.4, -0.2) is 16.5 Å². The fourth-order valence-electron chi connectivity index (χ4n) is 1.43. The van der Waals surface area contributed by atoms with Crippen LogP contribution in [0.1, 0.15) is 26.0 Å².